The lowest BCUT2D eigenvalue weighted by atomic mass is 10.2. The number of esters is 1. The molecule has 9 heteroatoms. The van der Waals surface area contributed by atoms with Crippen molar-refractivity contribution in [2.75, 3.05) is 19.5 Å². The molecule has 142 valence electrons. The van der Waals surface area contributed by atoms with Crippen molar-refractivity contribution < 1.29 is 28.7 Å². The third-order valence-electron chi connectivity index (χ3n) is 3.61. The maximum atomic E-state index is 12.3. The lowest BCUT2D eigenvalue weighted by Crippen LogP contribution is -2.30. The summed E-state index contributed by atoms with van der Waals surface area (Å²) < 4.78 is 15.0. The fourth-order valence-corrected chi connectivity index (χ4v) is 2.17. The minimum atomic E-state index is -1.02. The molecule has 1 amide bonds. The number of carbonyl (C=O) groups is 2. The Morgan fingerprint density at radius 2 is 1.78 bits per heavy atom. The minimum Gasteiger partial charge on any atom is -0.497 e. The number of ether oxygens (including phenoxy) is 3. The molecule has 0 aliphatic rings. The fraction of sp³-hybridized carbons (Fsp3) is 0.222. The van der Waals surface area contributed by atoms with Gasteiger partial charge < -0.3 is 19.5 Å². The second-order valence-electron chi connectivity index (χ2n) is 5.41. The van der Waals surface area contributed by atoms with Crippen LogP contribution in [-0.2, 0) is 9.53 Å². The van der Waals surface area contributed by atoms with Crippen molar-refractivity contribution in [2.24, 2.45) is 0 Å². The highest BCUT2D eigenvalue weighted by Crippen LogP contribution is 2.29. The zero-order valence-corrected chi connectivity index (χ0v) is 14.9. The first kappa shape index (κ1) is 19.7. The van der Waals surface area contributed by atoms with Gasteiger partial charge in [-0.2, -0.15) is 0 Å². The standard InChI is InChI=1S/C18H18N2O7/c1-11(17(21)19-13-5-7-14(25-2)8-6-13)27-16-9-4-12(18(22)26-3)10-15(16)20(23)24/h4-11H,1-3H3,(H,19,21)/t11-/m1/s1. The molecule has 2 rings (SSSR count). The molecule has 0 saturated heterocycles. The van der Waals surface area contributed by atoms with E-state index in [0.29, 0.717) is 11.4 Å². The Bertz CT molecular complexity index is 849. The van der Waals surface area contributed by atoms with Crippen LogP contribution in [0.5, 0.6) is 11.5 Å². The molecule has 0 bridgehead atoms. The number of nitro benzene ring substituents is 1. The number of carbonyl (C=O) groups excluding carboxylic acids is 2. The Kier molecular flexibility index (Phi) is 6.32. The van der Waals surface area contributed by atoms with Gasteiger partial charge in [0.25, 0.3) is 5.91 Å². The zero-order chi connectivity index (χ0) is 20.0. The Morgan fingerprint density at radius 1 is 1.11 bits per heavy atom. The molecular formula is C18H18N2O7. The normalized spacial score (nSPS) is 11.2. The number of nitro groups is 1. The van der Waals surface area contributed by atoms with Crippen LogP contribution in [0.1, 0.15) is 17.3 Å². The number of rotatable bonds is 7. The predicted molar refractivity (Wildman–Crippen MR) is 96.1 cm³/mol. The molecule has 0 spiro atoms. The summed E-state index contributed by atoms with van der Waals surface area (Å²) in [5.74, 6) is -0.704. The summed E-state index contributed by atoms with van der Waals surface area (Å²) >= 11 is 0. The van der Waals surface area contributed by atoms with Gasteiger partial charge in [-0.25, -0.2) is 4.79 Å². The summed E-state index contributed by atoms with van der Waals surface area (Å²) in [4.78, 5) is 34.3. The van der Waals surface area contributed by atoms with Gasteiger partial charge in [0.15, 0.2) is 11.9 Å². The number of nitrogens with zero attached hydrogens (tertiary/aromatic N) is 1. The molecule has 0 unspecified atom stereocenters. The first-order valence-corrected chi connectivity index (χ1v) is 7.84. The van der Waals surface area contributed by atoms with Crippen LogP contribution < -0.4 is 14.8 Å². The Morgan fingerprint density at radius 3 is 2.33 bits per heavy atom. The number of benzene rings is 2. The van der Waals surface area contributed by atoms with Gasteiger partial charge in [-0.05, 0) is 43.3 Å². The molecule has 27 heavy (non-hydrogen) atoms. The van der Waals surface area contributed by atoms with E-state index in [1.165, 1.54) is 33.3 Å². The second-order valence-corrected chi connectivity index (χ2v) is 5.41. The first-order valence-electron chi connectivity index (χ1n) is 7.84. The van der Waals surface area contributed by atoms with E-state index in [2.05, 4.69) is 10.1 Å². The van der Waals surface area contributed by atoms with Crippen molar-refractivity contribution in [2.45, 2.75) is 13.0 Å². The molecular weight excluding hydrogens is 356 g/mol. The molecule has 2 aromatic rings. The average molecular weight is 374 g/mol. The van der Waals surface area contributed by atoms with Crippen molar-refractivity contribution in [3.8, 4) is 11.5 Å². The van der Waals surface area contributed by atoms with Crippen LogP contribution in [0, 0.1) is 10.1 Å². The molecule has 1 atom stereocenters. The number of amides is 1. The van der Waals surface area contributed by atoms with Crippen LogP contribution in [-0.4, -0.2) is 37.1 Å². The van der Waals surface area contributed by atoms with Crippen molar-refractivity contribution in [1.82, 2.24) is 0 Å². The molecule has 0 aromatic heterocycles. The second kappa shape index (κ2) is 8.65. The minimum absolute atomic E-state index is 0.00638. The Balaban J connectivity index is 2.13. The summed E-state index contributed by atoms with van der Waals surface area (Å²) in [6.07, 6.45) is -1.02. The topological polar surface area (TPSA) is 117 Å². The molecule has 1 N–H and O–H groups in total. The highest BCUT2D eigenvalue weighted by molar-refractivity contribution is 5.94. The molecule has 0 fully saturated rings. The number of hydrogen-bond acceptors (Lipinski definition) is 7. The molecule has 2 aromatic carbocycles. The van der Waals surface area contributed by atoms with Gasteiger partial charge >= 0.3 is 11.7 Å². The molecule has 0 saturated carbocycles. The lowest BCUT2D eigenvalue weighted by Gasteiger charge is -2.15. The molecule has 0 heterocycles. The summed E-state index contributed by atoms with van der Waals surface area (Å²) in [6, 6.07) is 10.3. The predicted octanol–water partition coefficient (Wildman–Crippen LogP) is 2.80. The van der Waals surface area contributed by atoms with Gasteiger partial charge in [0, 0.05) is 11.8 Å². The average Bonchev–Trinajstić information content (AvgIpc) is 2.67. The third-order valence-corrected chi connectivity index (χ3v) is 3.61. The largest absolute Gasteiger partial charge is 0.497 e. The highest BCUT2D eigenvalue weighted by Gasteiger charge is 2.23. The maximum absolute atomic E-state index is 12.3. The zero-order valence-electron chi connectivity index (χ0n) is 14.9. The number of nitrogens with one attached hydrogen (secondary N) is 1. The van der Waals surface area contributed by atoms with Crippen LogP contribution >= 0.6 is 0 Å². The monoisotopic (exact) mass is 374 g/mol. The van der Waals surface area contributed by atoms with Crippen molar-refractivity contribution in [3.05, 3.63) is 58.1 Å². The molecule has 0 aliphatic heterocycles. The number of methoxy groups -OCH3 is 2. The van der Waals surface area contributed by atoms with E-state index >= 15 is 0 Å². The SMILES string of the molecule is COC(=O)c1ccc(O[C@H](C)C(=O)Nc2ccc(OC)cc2)c([N+](=O)[O-])c1. The van der Waals surface area contributed by atoms with Gasteiger partial charge in [0.2, 0.25) is 0 Å². The maximum Gasteiger partial charge on any atom is 0.338 e. The lowest BCUT2D eigenvalue weighted by molar-refractivity contribution is -0.386. The molecule has 0 aliphatic carbocycles. The summed E-state index contributed by atoms with van der Waals surface area (Å²) in [6.45, 7) is 1.46. The highest BCUT2D eigenvalue weighted by atomic mass is 16.6. The van der Waals surface area contributed by atoms with E-state index in [1.54, 1.807) is 24.3 Å². The summed E-state index contributed by atoms with van der Waals surface area (Å²) in [5.41, 5.74) is 0.0840. The molecule has 9 nitrogen and oxygen atoms in total. The third kappa shape index (κ3) is 4.94. The Labute approximate surface area is 155 Å². The van der Waals surface area contributed by atoms with Crippen LogP contribution in [0.3, 0.4) is 0 Å². The van der Waals surface area contributed by atoms with E-state index < -0.39 is 28.6 Å². The van der Waals surface area contributed by atoms with Crippen LogP contribution in [0.2, 0.25) is 0 Å². The van der Waals surface area contributed by atoms with Gasteiger partial charge in [-0.1, -0.05) is 0 Å². The van der Waals surface area contributed by atoms with Gasteiger partial charge in [-0.3, -0.25) is 14.9 Å². The van der Waals surface area contributed by atoms with Crippen molar-refractivity contribution >= 4 is 23.3 Å². The quantitative estimate of drug-likeness (QED) is 0.450. The van der Waals surface area contributed by atoms with E-state index in [-0.39, 0.29) is 11.3 Å². The molecule has 0 radical (unpaired) electrons. The van der Waals surface area contributed by atoms with E-state index in [9.17, 15) is 19.7 Å². The van der Waals surface area contributed by atoms with Gasteiger partial charge in [0.05, 0.1) is 24.7 Å². The van der Waals surface area contributed by atoms with Gasteiger partial charge in [-0.15, -0.1) is 0 Å². The fourth-order valence-electron chi connectivity index (χ4n) is 2.17. The van der Waals surface area contributed by atoms with Crippen molar-refractivity contribution in [3.63, 3.8) is 0 Å². The van der Waals surface area contributed by atoms with E-state index in [1.807, 2.05) is 0 Å². The Hall–Kier alpha value is -3.62. The van der Waals surface area contributed by atoms with Crippen LogP contribution in [0.4, 0.5) is 11.4 Å². The smallest absolute Gasteiger partial charge is 0.338 e. The van der Waals surface area contributed by atoms with Crippen molar-refractivity contribution in [1.29, 1.82) is 0 Å². The first-order chi connectivity index (χ1) is 12.8. The number of hydrogen-bond donors (Lipinski definition) is 1. The van der Waals surface area contributed by atoms with E-state index in [0.717, 1.165) is 6.07 Å². The summed E-state index contributed by atoms with van der Waals surface area (Å²) in [7, 11) is 2.70. The summed E-state index contributed by atoms with van der Waals surface area (Å²) in [5, 5.41) is 13.9. The number of anilines is 1. The van der Waals surface area contributed by atoms with Gasteiger partial charge in [0.1, 0.15) is 5.75 Å². The van der Waals surface area contributed by atoms with E-state index in [4.69, 9.17) is 9.47 Å². The van der Waals surface area contributed by atoms with Crippen LogP contribution in [0.25, 0.3) is 0 Å². The van der Waals surface area contributed by atoms with Crippen LogP contribution in [0.15, 0.2) is 42.5 Å².